The molecule has 0 aliphatic carbocycles. The normalized spacial score (nSPS) is 10.7. The molecule has 7 heteroatoms. The van der Waals surface area contributed by atoms with Gasteiger partial charge < -0.3 is 9.47 Å². The fourth-order valence-electron chi connectivity index (χ4n) is 2.34. The summed E-state index contributed by atoms with van der Waals surface area (Å²) in [5.41, 5.74) is 4.18. The summed E-state index contributed by atoms with van der Waals surface area (Å²) in [6, 6.07) is 21.8. The van der Waals surface area contributed by atoms with Crippen molar-refractivity contribution < 1.29 is 14.3 Å². The minimum absolute atomic E-state index is 0.161. The van der Waals surface area contributed by atoms with Crippen molar-refractivity contribution in [2.24, 2.45) is 5.10 Å². The van der Waals surface area contributed by atoms with Crippen molar-refractivity contribution in [1.82, 2.24) is 5.43 Å². The van der Waals surface area contributed by atoms with Crippen molar-refractivity contribution >= 4 is 35.3 Å². The van der Waals surface area contributed by atoms with Gasteiger partial charge in [-0.1, -0.05) is 53.5 Å². The predicted molar refractivity (Wildman–Crippen MR) is 115 cm³/mol. The molecular formula is C22H18Cl2N2O3. The average molecular weight is 429 g/mol. The molecule has 1 amide bonds. The molecule has 0 atom stereocenters. The first-order chi connectivity index (χ1) is 14.1. The van der Waals surface area contributed by atoms with Crippen LogP contribution >= 0.6 is 23.2 Å². The third-order valence-electron chi connectivity index (χ3n) is 3.78. The lowest BCUT2D eigenvalue weighted by Crippen LogP contribution is -2.24. The third kappa shape index (κ3) is 6.82. The molecule has 5 nitrogen and oxygen atoms in total. The number of nitrogens with one attached hydrogen (secondary N) is 1. The van der Waals surface area contributed by atoms with Crippen molar-refractivity contribution in [2.45, 2.75) is 6.61 Å². The summed E-state index contributed by atoms with van der Waals surface area (Å²) in [5, 5.41) is 4.97. The molecule has 29 heavy (non-hydrogen) atoms. The van der Waals surface area contributed by atoms with Gasteiger partial charge in [0.25, 0.3) is 5.91 Å². The Labute approximate surface area is 178 Å². The van der Waals surface area contributed by atoms with E-state index in [1.165, 1.54) is 6.21 Å². The molecule has 1 N–H and O–H groups in total. The summed E-state index contributed by atoms with van der Waals surface area (Å²) in [7, 11) is 0. The molecule has 3 rings (SSSR count). The summed E-state index contributed by atoms with van der Waals surface area (Å²) in [6.45, 7) is 0.268. The number of rotatable bonds is 8. The second-order valence-corrected chi connectivity index (χ2v) is 6.84. The Bertz CT molecular complexity index is 977. The van der Waals surface area contributed by atoms with Gasteiger partial charge in [-0.2, -0.15) is 5.10 Å². The largest absolute Gasteiger partial charge is 0.487 e. The lowest BCUT2D eigenvalue weighted by atomic mass is 10.2. The first-order valence-corrected chi connectivity index (χ1v) is 9.52. The number of halogens is 2. The van der Waals surface area contributed by atoms with Crippen molar-refractivity contribution in [1.29, 1.82) is 0 Å². The molecule has 3 aromatic carbocycles. The van der Waals surface area contributed by atoms with Crippen molar-refractivity contribution in [3.8, 4) is 11.5 Å². The standard InChI is InChI=1S/C22H18Cl2N2O3/c23-18-7-9-19(10-8-18)28-15-22(27)26-25-13-17-6-11-21(20(24)12-17)29-14-16-4-2-1-3-5-16/h1-13H,14-15H2,(H,26,27)/b25-13-. The lowest BCUT2D eigenvalue weighted by Gasteiger charge is -2.08. The molecule has 0 unspecified atom stereocenters. The van der Waals surface area contributed by atoms with Crippen molar-refractivity contribution in [3.63, 3.8) is 0 Å². The van der Waals surface area contributed by atoms with Crippen LogP contribution in [0.3, 0.4) is 0 Å². The van der Waals surface area contributed by atoms with E-state index in [4.69, 9.17) is 32.7 Å². The number of amides is 1. The zero-order valence-corrected chi connectivity index (χ0v) is 16.9. The average Bonchev–Trinajstić information content (AvgIpc) is 2.73. The summed E-state index contributed by atoms with van der Waals surface area (Å²) in [4.78, 5) is 11.8. The molecule has 3 aromatic rings. The SMILES string of the molecule is O=C(COc1ccc(Cl)cc1)N/N=C\c1ccc(OCc2ccccc2)c(Cl)c1. The highest BCUT2D eigenvalue weighted by atomic mass is 35.5. The summed E-state index contributed by atoms with van der Waals surface area (Å²) >= 11 is 12.1. The van der Waals surface area contributed by atoms with Gasteiger partial charge in [0.1, 0.15) is 18.1 Å². The predicted octanol–water partition coefficient (Wildman–Crippen LogP) is 5.10. The molecule has 0 saturated heterocycles. The van der Waals surface area contributed by atoms with Gasteiger partial charge in [0, 0.05) is 5.02 Å². The Kier molecular flexibility index (Phi) is 7.50. The van der Waals surface area contributed by atoms with Gasteiger partial charge in [-0.15, -0.1) is 0 Å². The smallest absolute Gasteiger partial charge is 0.277 e. The molecule has 0 saturated carbocycles. The van der Waals surface area contributed by atoms with Crippen LogP contribution in [-0.4, -0.2) is 18.7 Å². The minimum atomic E-state index is -0.384. The van der Waals surface area contributed by atoms with Gasteiger partial charge in [0.15, 0.2) is 6.61 Å². The van der Waals surface area contributed by atoms with E-state index in [0.29, 0.717) is 28.2 Å². The van der Waals surface area contributed by atoms with Gasteiger partial charge in [-0.25, -0.2) is 5.43 Å². The number of benzene rings is 3. The Balaban J connectivity index is 1.46. The number of hydrazone groups is 1. The van der Waals surface area contributed by atoms with E-state index in [0.717, 1.165) is 11.1 Å². The monoisotopic (exact) mass is 428 g/mol. The van der Waals surface area contributed by atoms with Crippen LogP contribution < -0.4 is 14.9 Å². The van der Waals surface area contributed by atoms with Crippen LogP contribution in [0.4, 0.5) is 0 Å². The molecule has 0 radical (unpaired) electrons. The molecule has 0 aromatic heterocycles. The quantitative estimate of drug-likeness (QED) is 0.400. The van der Waals surface area contributed by atoms with Crippen LogP contribution in [0.25, 0.3) is 0 Å². The summed E-state index contributed by atoms with van der Waals surface area (Å²) in [6.07, 6.45) is 1.49. The zero-order chi connectivity index (χ0) is 20.5. The number of carbonyl (C=O) groups is 1. The zero-order valence-electron chi connectivity index (χ0n) is 15.3. The van der Waals surface area contributed by atoms with Crippen LogP contribution in [0, 0.1) is 0 Å². The van der Waals surface area contributed by atoms with Crippen LogP contribution in [0.2, 0.25) is 10.0 Å². The fraction of sp³-hybridized carbons (Fsp3) is 0.0909. The Morgan fingerprint density at radius 1 is 0.966 bits per heavy atom. The molecule has 0 aliphatic heterocycles. The maximum atomic E-state index is 11.8. The van der Waals surface area contributed by atoms with Crippen LogP contribution in [0.5, 0.6) is 11.5 Å². The van der Waals surface area contributed by atoms with Crippen molar-refractivity contribution in [3.05, 3.63) is 94.0 Å². The Morgan fingerprint density at radius 3 is 2.45 bits per heavy atom. The fourth-order valence-corrected chi connectivity index (χ4v) is 2.71. The van der Waals surface area contributed by atoms with E-state index in [-0.39, 0.29) is 12.5 Å². The van der Waals surface area contributed by atoms with E-state index in [2.05, 4.69) is 10.5 Å². The second kappa shape index (κ2) is 10.5. The van der Waals surface area contributed by atoms with E-state index < -0.39 is 0 Å². The number of hydrogen-bond donors (Lipinski definition) is 1. The Hall–Kier alpha value is -3.02. The van der Waals surface area contributed by atoms with Crippen molar-refractivity contribution in [2.75, 3.05) is 6.61 Å². The number of carbonyl (C=O) groups excluding carboxylic acids is 1. The molecular weight excluding hydrogens is 411 g/mol. The van der Waals surface area contributed by atoms with E-state index in [1.54, 1.807) is 42.5 Å². The lowest BCUT2D eigenvalue weighted by molar-refractivity contribution is -0.123. The molecule has 0 bridgehead atoms. The van der Waals surface area contributed by atoms with Crippen LogP contribution in [-0.2, 0) is 11.4 Å². The minimum Gasteiger partial charge on any atom is -0.487 e. The maximum absolute atomic E-state index is 11.8. The molecule has 0 spiro atoms. The topological polar surface area (TPSA) is 59.9 Å². The van der Waals surface area contributed by atoms with E-state index in [1.807, 2.05) is 30.3 Å². The second-order valence-electron chi connectivity index (χ2n) is 6.00. The summed E-state index contributed by atoms with van der Waals surface area (Å²) in [5.74, 6) is 0.740. The number of hydrogen-bond acceptors (Lipinski definition) is 4. The highest BCUT2D eigenvalue weighted by molar-refractivity contribution is 6.32. The van der Waals surface area contributed by atoms with E-state index >= 15 is 0 Å². The van der Waals surface area contributed by atoms with Crippen LogP contribution in [0.15, 0.2) is 77.9 Å². The third-order valence-corrected chi connectivity index (χ3v) is 4.33. The summed E-state index contributed by atoms with van der Waals surface area (Å²) < 4.78 is 11.1. The number of ether oxygens (including phenoxy) is 2. The Morgan fingerprint density at radius 2 is 1.72 bits per heavy atom. The highest BCUT2D eigenvalue weighted by Gasteiger charge is 2.04. The number of nitrogens with zero attached hydrogens (tertiary/aromatic N) is 1. The highest BCUT2D eigenvalue weighted by Crippen LogP contribution is 2.25. The first kappa shape index (κ1) is 20.7. The van der Waals surface area contributed by atoms with Gasteiger partial charge in [-0.3, -0.25) is 4.79 Å². The van der Waals surface area contributed by atoms with Gasteiger partial charge in [-0.05, 0) is 53.6 Å². The molecule has 0 aliphatic rings. The van der Waals surface area contributed by atoms with Gasteiger partial charge in [0.2, 0.25) is 0 Å². The van der Waals surface area contributed by atoms with Crippen LogP contribution in [0.1, 0.15) is 11.1 Å². The molecule has 0 fully saturated rings. The first-order valence-electron chi connectivity index (χ1n) is 8.77. The van der Waals surface area contributed by atoms with E-state index in [9.17, 15) is 4.79 Å². The molecule has 0 heterocycles. The molecule has 148 valence electrons. The maximum Gasteiger partial charge on any atom is 0.277 e. The van der Waals surface area contributed by atoms with Gasteiger partial charge >= 0.3 is 0 Å². The van der Waals surface area contributed by atoms with Gasteiger partial charge in [0.05, 0.1) is 11.2 Å².